The molecule has 4 rings (SSSR count). The molecule has 0 aliphatic carbocycles. The zero-order valence-electron chi connectivity index (χ0n) is 13.5. The predicted octanol–water partition coefficient (Wildman–Crippen LogP) is 5.39. The summed E-state index contributed by atoms with van der Waals surface area (Å²) >= 11 is 11.0. The Kier molecular flexibility index (Phi) is 4.58. The molecule has 0 spiro atoms. The normalized spacial score (nSPS) is 19.9. The van der Waals surface area contributed by atoms with E-state index in [0.717, 1.165) is 20.3 Å². The molecule has 2 unspecified atom stereocenters. The first kappa shape index (κ1) is 16.7. The van der Waals surface area contributed by atoms with Crippen molar-refractivity contribution in [1.82, 2.24) is 10.3 Å². The molecule has 1 aliphatic heterocycles. The zero-order chi connectivity index (χ0) is 17.4. The molecule has 1 saturated heterocycles. The molecule has 0 saturated carbocycles. The number of hydrogen-bond donors (Lipinski definition) is 1. The van der Waals surface area contributed by atoms with E-state index in [-0.39, 0.29) is 12.1 Å². The van der Waals surface area contributed by atoms with Crippen molar-refractivity contribution >= 4 is 50.3 Å². The van der Waals surface area contributed by atoms with Crippen molar-refractivity contribution in [2.24, 2.45) is 0 Å². The van der Waals surface area contributed by atoms with Crippen LogP contribution in [0.4, 0.5) is 5.69 Å². The van der Waals surface area contributed by atoms with E-state index in [1.807, 2.05) is 18.3 Å². The van der Waals surface area contributed by atoms with Gasteiger partial charge in [-0.25, -0.2) is 0 Å². The summed E-state index contributed by atoms with van der Waals surface area (Å²) in [4.78, 5) is 8.02. The summed E-state index contributed by atoms with van der Waals surface area (Å²) < 4.78 is 1.12. The lowest BCUT2D eigenvalue weighted by atomic mass is 10.0. The molecule has 0 radical (unpaired) electrons. The standard InChI is InChI=1S/C19H16BrN3S2/c1-12-5-4-6-13(11-12)23-18(15-8-9-16(20)25-15)17(22-19(23)24)14-7-2-3-10-21-14/h2-11,17-18H,1H3,(H,22,24). The Hall–Kier alpha value is -1.76. The minimum absolute atomic E-state index is 0.0137. The van der Waals surface area contributed by atoms with Crippen LogP contribution in [0.2, 0.25) is 0 Å². The first-order valence-corrected chi connectivity index (χ1v) is 9.98. The highest BCUT2D eigenvalue weighted by molar-refractivity contribution is 9.11. The molecule has 1 aliphatic rings. The minimum Gasteiger partial charge on any atom is -0.351 e. The molecular formula is C19H16BrN3S2. The van der Waals surface area contributed by atoms with Crippen molar-refractivity contribution < 1.29 is 0 Å². The summed E-state index contributed by atoms with van der Waals surface area (Å²) in [6, 6.07) is 18.8. The Morgan fingerprint density at radius 3 is 2.72 bits per heavy atom. The van der Waals surface area contributed by atoms with Gasteiger partial charge in [0, 0.05) is 16.8 Å². The largest absolute Gasteiger partial charge is 0.351 e. The second kappa shape index (κ2) is 6.86. The van der Waals surface area contributed by atoms with Crippen LogP contribution in [-0.4, -0.2) is 10.1 Å². The van der Waals surface area contributed by atoms with Gasteiger partial charge in [0.15, 0.2) is 5.11 Å². The van der Waals surface area contributed by atoms with Crippen LogP contribution in [0.25, 0.3) is 0 Å². The van der Waals surface area contributed by atoms with E-state index in [2.05, 4.69) is 80.5 Å². The fourth-order valence-corrected chi connectivity index (χ4v) is 5.09. The quantitative estimate of drug-likeness (QED) is 0.564. The van der Waals surface area contributed by atoms with Crippen LogP contribution < -0.4 is 10.2 Å². The number of halogens is 1. The maximum Gasteiger partial charge on any atom is 0.174 e. The molecule has 1 aromatic carbocycles. The van der Waals surface area contributed by atoms with Gasteiger partial charge in [-0.15, -0.1) is 11.3 Å². The van der Waals surface area contributed by atoms with Crippen LogP contribution >= 0.6 is 39.5 Å². The summed E-state index contributed by atoms with van der Waals surface area (Å²) in [5.41, 5.74) is 3.31. The Bertz CT molecular complexity index is 910. The molecule has 3 heterocycles. The van der Waals surface area contributed by atoms with Crippen molar-refractivity contribution in [3.63, 3.8) is 0 Å². The monoisotopic (exact) mass is 429 g/mol. The fraction of sp³-hybridized carbons (Fsp3) is 0.158. The van der Waals surface area contributed by atoms with E-state index in [4.69, 9.17) is 12.2 Å². The fourth-order valence-electron chi connectivity index (χ4n) is 3.19. The number of anilines is 1. The number of rotatable bonds is 3. The Labute approximate surface area is 164 Å². The van der Waals surface area contributed by atoms with Crippen molar-refractivity contribution in [2.75, 3.05) is 4.90 Å². The van der Waals surface area contributed by atoms with Gasteiger partial charge in [-0.1, -0.05) is 18.2 Å². The number of aryl methyl sites for hydroxylation is 1. The van der Waals surface area contributed by atoms with E-state index in [9.17, 15) is 0 Å². The molecule has 126 valence electrons. The van der Waals surface area contributed by atoms with Crippen LogP contribution in [0.15, 0.2) is 64.6 Å². The summed E-state index contributed by atoms with van der Waals surface area (Å²) in [5, 5.41) is 4.21. The molecule has 0 bridgehead atoms. The van der Waals surface area contributed by atoms with Gasteiger partial charge >= 0.3 is 0 Å². The van der Waals surface area contributed by atoms with Gasteiger partial charge in [0.25, 0.3) is 0 Å². The van der Waals surface area contributed by atoms with Crippen molar-refractivity contribution in [3.8, 4) is 0 Å². The first-order valence-electron chi connectivity index (χ1n) is 7.96. The SMILES string of the molecule is Cc1cccc(N2C(=S)NC(c3ccccn3)C2c2ccc(Br)s2)c1. The number of benzene rings is 1. The maximum absolute atomic E-state index is 5.71. The average molecular weight is 430 g/mol. The van der Waals surface area contributed by atoms with Crippen LogP contribution in [0.1, 0.15) is 28.2 Å². The van der Waals surface area contributed by atoms with Crippen molar-refractivity contribution in [3.05, 3.63) is 80.7 Å². The summed E-state index contributed by atoms with van der Waals surface area (Å²) in [7, 11) is 0. The van der Waals surface area contributed by atoms with E-state index in [1.54, 1.807) is 11.3 Å². The third-order valence-electron chi connectivity index (χ3n) is 4.26. The third kappa shape index (κ3) is 3.21. The molecule has 1 fully saturated rings. The van der Waals surface area contributed by atoms with E-state index >= 15 is 0 Å². The molecule has 1 N–H and O–H groups in total. The highest BCUT2D eigenvalue weighted by Gasteiger charge is 2.41. The molecular weight excluding hydrogens is 414 g/mol. The van der Waals surface area contributed by atoms with Gasteiger partial charge in [-0.2, -0.15) is 0 Å². The smallest absolute Gasteiger partial charge is 0.174 e. The molecule has 3 aromatic rings. The number of hydrogen-bond acceptors (Lipinski definition) is 3. The topological polar surface area (TPSA) is 28.2 Å². The van der Waals surface area contributed by atoms with E-state index in [1.165, 1.54) is 10.4 Å². The number of nitrogens with zero attached hydrogens (tertiary/aromatic N) is 2. The predicted molar refractivity (Wildman–Crippen MR) is 111 cm³/mol. The number of nitrogens with one attached hydrogen (secondary N) is 1. The van der Waals surface area contributed by atoms with Crippen LogP contribution in [0.5, 0.6) is 0 Å². The highest BCUT2D eigenvalue weighted by atomic mass is 79.9. The molecule has 2 aromatic heterocycles. The third-order valence-corrected chi connectivity index (χ3v) is 6.27. The van der Waals surface area contributed by atoms with Crippen molar-refractivity contribution in [1.29, 1.82) is 0 Å². The van der Waals surface area contributed by atoms with Gasteiger partial charge in [0.2, 0.25) is 0 Å². The molecule has 6 heteroatoms. The number of thiophene rings is 1. The number of pyridine rings is 1. The molecule has 3 nitrogen and oxygen atoms in total. The maximum atomic E-state index is 5.71. The van der Waals surface area contributed by atoms with Crippen LogP contribution in [0, 0.1) is 6.92 Å². The first-order chi connectivity index (χ1) is 12.1. The summed E-state index contributed by atoms with van der Waals surface area (Å²) in [6.07, 6.45) is 1.83. The van der Waals surface area contributed by atoms with Gasteiger partial charge in [0.05, 0.1) is 21.6 Å². The highest BCUT2D eigenvalue weighted by Crippen LogP contribution is 2.44. The lowest BCUT2D eigenvalue weighted by Gasteiger charge is -2.27. The average Bonchev–Trinajstić information content (AvgIpc) is 3.18. The molecule has 25 heavy (non-hydrogen) atoms. The van der Waals surface area contributed by atoms with E-state index < -0.39 is 0 Å². The lowest BCUT2D eigenvalue weighted by Crippen LogP contribution is -2.29. The van der Waals surface area contributed by atoms with Gasteiger partial charge in [-0.05, 0) is 77.0 Å². The zero-order valence-corrected chi connectivity index (χ0v) is 16.7. The summed E-state index contributed by atoms with van der Waals surface area (Å²) in [6.45, 7) is 2.10. The summed E-state index contributed by atoms with van der Waals surface area (Å²) in [5.74, 6) is 0. The Balaban J connectivity index is 1.83. The number of aromatic nitrogens is 1. The molecule has 0 amide bonds. The number of thiocarbonyl (C=S) groups is 1. The molecule has 2 atom stereocenters. The minimum atomic E-state index is 0.0137. The van der Waals surface area contributed by atoms with Crippen molar-refractivity contribution in [2.45, 2.75) is 19.0 Å². The van der Waals surface area contributed by atoms with Crippen LogP contribution in [-0.2, 0) is 0 Å². The second-order valence-electron chi connectivity index (χ2n) is 5.98. The van der Waals surface area contributed by atoms with Crippen LogP contribution in [0.3, 0.4) is 0 Å². The Morgan fingerprint density at radius 1 is 1.16 bits per heavy atom. The van der Waals surface area contributed by atoms with Gasteiger partial charge in [-0.3, -0.25) is 4.98 Å². The van der Waals surface area contributed by atoms with E-state index in [0.29, 0.717) is 0 Å². The Morgan fingerprint density at radius 2 is 2.04 bits per heavy atom. The second-order valence-corrected chi connectivity index (χ2v) is 8.86. The van der Waals surface area contributed by atoms with Gasteiger partial charge in [0.1, 0.15) is 0 Å². The lowest BCUT2D eigenvalue weighted by molar-refractivity contribution is 0.575. The van der Waals surface area contributed by atoms with Gasteiger partial charge < -0.3 is 10.2 Å².